The van der Waals surface area contributed by atoms with Gasteiger partial charge in [0.25, 0.3) is 0 Å². The molecule has 0 fully saturated rings. The molecular formula is C38H25N3O. The molecule has 0 saturated heterocycles. The van der Waals surface area contributed by atoms with E-state index in [4.69, 9.17) is 9.72 Å². The molecule has 4 heteroatoms. The van der Waals surface area contributed by atoms with E-state index >= 15 is 0 Å². The first-order valence-corrected chi connectivity index (χ1v) is 14.2. The van der Waals surface area contributed by atoms with Gasteiger partial charge in [-0.05, 0) is 70.8 Å². The van der Waals surface area contributed by atoms with Crippen molar-refractivity contribution in [2.75, 3.05) is 0 Å². The number of ether oxygens (including phenoxy) is 1. The fourth-order valence-corrected chi connectivity index (χ4v) is 6.42. The van der Waals surface area contributed by atoms with Gasteiger partial charge in [0.1, 0.15) is 6.61 Å². The second-order valence-corrected chi connectivity index (χ2v) is 10.9. The lowest BCUT2D eigenvalue weighted by molar-refractivity contribution is 0.265. The number of hydrogen-bond acceptors (Lipinski definition) is 2. The molecule has 0 unspecified atom stereocenters. The Hall–Kier alpha value is -5.61. The monoisotopic (exact) mass is 539 g/mol. The van der Waals surface area contributed by atoms with Gasteiger partial charge < -0.3 is 9.30 Å². The average Bonchev–Trinajstić information content (AvgIpc) is 3.61. The van der Waals surface area contributed by atoms with E-state index in [9.17, 15) is 0 Å². The summed E-state index contributed by atoms with van der Waals surface area (Å²) in [5.74, 6) is 0. The second kappa shape index (κ2) is 8.95. The Morgan fingerprint density at radius 3 is 1.79 bits per heavy atom. The first-order chi connectivity index (χ1) is 20.8. The van der Waals surface area contributed by atoms with Crippen LogP contribution >= 0.6 is 0 Å². The van der Waals surface area contributed by atoms with Gasteiger partial charge in [0.2, 0.25) is 0 Å². The van der Waals surface area contributed by atoms with E-state index in [0.29, 0.717) is 12.6 Å². The number of imidazole rings is 1. The van der Waals surface area contributed by atoms with Crippen molar-refractivity contribution in [1.82, 2.24) is 14.1 Å². The van der Waals surface area contributed by atoms with Crippen LogP contribution in [0.15, 0.2) is 140 Å². The summed E-state index contributed by atoms with van der Waals surface area (Å²) in [6.45, 7) is 0.507. The van der Waals surface area contributed by atoms with Crippen LogP contribution in [0.5, 0.6) is 6.01 Å². The van der Waals surface area contributed by atoms with Crippen molar-refractivity contribution < 1.29 is 4.74 Å². The van der Waals surface area contributed by atoms with E-state index in [-0.39, 0.29) is 0 Å². The Labute approximate surface area is 242 Å². The molecule has 3 heterocycles. The molecule has 0 spiro atoms. The highest BCUT2D eigenvalue weighted by Crippen LogP contribution is 2.39. The van der Waals surface area contributed by atoms with E-state index in [0.717, 1.165) is 28.0 Å². The SMILES string of the molecule is c1ccc(-c2ccc3c(c2)c2cc(-c4ccccc4)ccc2n3-c2ccc3c(c2)-n2c(nc4ccccc42)OC3)cc1. The summed E-state index contributed by atoms with van der Waals surface area (Å²) in [4.78, 5) is 4.76. The molecule has 42 heavy (non-hydrogen) atoms. The molecule has 0 bridgehead atoms. The summed E-state index contributed by atoms with van der Waals surface area (Å²) >= 11 is 0. The Morgan fingerprint density at radius 1 is 0.500 bits per heavy atom. The summed E-state index contributed by atoms with van der Waals surface area (Å²) < 4.78 is 10.6. The third-order valence-electron chi connectivity index (χ3n) is 8.43. The third kappa shape index (κ3) is 3.45. The van der Waals surface area contributed by atoms with Gasteiger partial charge >= 0.3 is 6.01 Å². The lowest BCUT2D eigenvalue weighted by Gasteiger charge is -2.21. The molecule has 8 aromatic rings. The topological polar surface area (TPSA) is 32.0 Å². The van der Waals surface area contributed by atoms with Gasteiger partial charge in [0, 0.05) is 22.0 Å². The minimum atomic E-state index is 0.507. The zero-order valence-corrected chi connectivity index (χ0v) is 22.7. The molecule has 0 N–H and O–H groups in total. The predicted molar refractivity (Wildman–Crippen MR) is 171 cm³/mol. The molecule has 0 radical (unpaired) electrons. The summed E-state index contributed by atoms with van der Waals surface area (Å²) in [5.41, 5.74) is 12.6. The summed E-state index contributed by atoms with van der Waals surface area (Å²) in [7, 11) is 0. The highest BCUT2D eigenvalue weighted by Gasteiger charge is 2.23. The van der Waals surface area contributed by atoms with Crippen LogP contribution in [0.2, 0.25) is 0 Å². The third-order valence-corrected chi connectivity index (χ3v) is 8.43. The van der Waals surface area contributed by atoms with E-state index in [1.165, 1.54) is 44.1 Å². The number of fused-ring (bicyclic) bond motifs is 8. The van der Waals surface area contributed by atoms with E-state index in [1.54, 1.807) is 0 Å². The van der Waals surface area contributed by atoms with Crippen molar-refractivity contribution in [3.05, 3.63) is 145 Å². The van der Waals surface area contributed by atoms with Gasteiger partial charge in [-0.25, -0.2) is 0 Å². The first kappa shape index (κ1) is 23.1. The van der Waals surface area contributed by atoms with Crippen molar-refractivity contribution in [3.8, 4) is 39.6 Å². The van der Waals surface area contributed by atoms with Crippen LogP contribution in [-0.2, 0) is 6.61 Å². The molecule has 198 valence electrons. The standard InChI is InChI=1S/C38H25N3O/c1-3-9-25(10-4-1)27-16-19-34-31(21-27)32-22-28(26-11-5-2-6-12-26)17-20-35(32)40(34)30-18-15-29-24-42-38-39-33-13-7-8-14-36(33)41(38)37(29)23-30/h1-23H,24H2. The molecular weight excluding hydrogens is 514 g/mol. The predicted octanol–water partition coefficient (Wildman–Crippen LogP) is 9.35. The van der Waals surface area contributed by atoms with Crippen LogP contribution in [0.1, 0.15) is 5.56 Å². The quantitative estimate of drug-likeness (QED) is 0.224. The molecule has 4 nitrogen and oxygen atoms in total. The van der Waals surface area contributed by atoms with Gasteiger partial charge in [-0.15, -0.1) is 0 Å². The Bertz CT molecular complexity index is 2200. The van der Waals surface area contributed by atoms with Crippen molar-refractivity contribution in [1.29, 1.82) is 0 Å². The molecule has 9 rings (SSSR count). The van der Waals surface area contributed by atoms with E-state index in [2.05, 4.69) is 137 Å². The molecule has 0 saturated carbocycles. The normalized spacial score (nSPS) is 12.4. The maximum atomic E-state index is 6.06. The van der Waals surface area contributed by atoms with Gasteiger partial charge in [0.05, 0.1) is 27.8 Å². The van der Waals surface area contributed by atoms with Crippen LogP contribution in [0.4, 0.5) is 0 Å². The lowest BCUT2D eigenvalue weighted by Crippen LogP contribution is -2.13. The first-order valence-electron chi connectivity index (χ1n) is 14.2. The number of hydrogen-bond donors (Lipinski definition) is 0. The van der Waals surface area contributed by atoms with Crippen LogP contribution < -0.4 is 4.74 Å². The van der Waals surface area contributed by atoms with Crippen LogP contribution in [0.3, 0.4) is 0 Å². The fourth-order valence-electron chi connectivity index (χ4n) is 6.42. The van der Waals surface area contributed by atoms with Gasteiger partial charge in [-0.3, -0.25) is 4.57 Å². The molecule has 6 aromatic carbocycles. The summed E-state index contributed by atoms with van der Waals surface area (Å²) in [5, 5.41) is 2.47. The van der Waals surface area contributed by atoms with Gasteiger partial charge in [0.15, 0.2) is 0 Å². The zero-order valence-electron chi connectivity index (χ0n) is 22.7. The number of nitrogens with zero attached hydrogens (tertiary/aromatic N) is 3. The zero-order chi connectivity index (χ0) is 27.6. The van der Waals surface area contributed by atoms with Crippen molar-refractivity contribution in [2.45, 2.75) is 6.61 Å². The van der Waals surface area contributed by atoms with E-state index in [1.807, 2.05) is 12.1 Å². The van der Waals surface area contributed by atoms with Gasteiger partial charge in [-0.2, -0.15) is 4.98 Å². The van der Waals surface area contributed by atoms with Crippen LogP contribution in [0, 0.1) is 0 Å². The summed E-state index contributed by atoms with van der Waals surface area (Å²) in [6.07, 6.45) is 0. The highest BCUT2D eigenvalue weighted by molar-refractivity contribution is 6.11. The average molecular weight is 540 g/mol. The molecule has 2 aromatic heterocycles. The maximum absolute atomic E-state index is 6.06. The Morgan fingerprint density at radius 2 is 1.12 bits per heavy atom. The largest absolute Gasteiger partial charge is 0.459 e. The molecule has 0 amide bonds. The van der Waals surface area contributed by atoms with Crippen LogP contribution in [0.25, 0.3) is 66.5 Å². The molecule has 0 atom stereocenters. The molecule has 1 aliphatic heterocycles. The minimum Gasteiger partial charge on any atom is -0.459 e. The lowest BCUT2D eigenvalue weighted by atomic mass is 10.0. The summed E-state index contributed by atoms with van der Waals surface area (Å²) in [6, 6.07) is 50.4. The van der Waals surface area contributed by atoms with Crippen molar-refractivity contribution in [3.63, 3.8) is 0 Å². The number of aromatic nitrogens is 3. The minimum absolute atomic E-state index is 0.507. The van der Waals surface area contributed by atoms with Gasteiger partial charge in [-0.1, -0.05) is 91.0 Å². The molecule has 0 aliphatic carbocycles. The smallest absolute Gasteiger partial charge is 0.302 e. The Kier molecular flexibility index (Phi) is 4.93. The molecule has 1 aliphatic rings. The van der Waals surface area contributed by atoms with Crippen molar-refractivity contribution in [2.24, 2.45) is 0 Å². The highest BCUT2D eigenvalue weighted by atomic mass is 16.5. The Balaban J connectivity index is 1.31. The second-order valence-electron chi connectivity index (χ2n) is 10.9. The fraction of sp³-hybridized carbons (Fsp3) is 0.0263. The van der Waals surface area contributed by atoms with Crippen molar-refractivity contribution >= 4 is 32.8 Å². The van der Waals surface area contributed by atoms with Crippen LogP contribution in [-0.4, -0.2) is 14.1 Å². The number of para-hydroxylation sites is 2. The number of benzene rings is 6. The van der Waals surface area contributed by atoms with E-state index < -0.39 is 0 Å². The number of rotatable bonds is 3. The maximum Gasteiger partial charge on any atom is 0.302 e.